The van der Waals surface area contributed by atoms with Gasteiger partial charge in [-0.2, -0.15) is 4.98 Å². The number of benzene rings is 2. The van der Waals surface area contributed by atoms with E-state index in [4.69, 9.17) is 15.0 Å². The molecule has 0 unspecified atom stereocenters. The number of hydrogen-bond donors (Lipinski definition) is 1. The molecule has 10 nitrogen and oxygen atoms in total. The number of aryl methyl sites for hydroxylation is 1. The van der Waals surface area contributed by atoms with Gasteiger partial charge in [0.15, 0.2) is 6.61 Å². The number of hydrogen-bond acceptors (Lipinski definition) is 8. The molecule has 2 aromatic heterocycles. The molecule has 4 aromatic rings. The molecule has 0 atom stereocenters. The molecule has 176 valence electrons. The van der Waals surface area contributed by atoms with E-state index in [1.54, 1.807) is 29.8 Å². The molecule has 2 aromatic carbocycles. The van der Waals surface area contributed by atoms with Crippen LogP contribution < -0.4 is 15.2 Å². The van der Waals surface area contributed by atoms with Crippen molar-refractivity contribution in [2.45, 2.75) is 19.8 Å². The zero-order chi connectivity index (χ0) is 24.3. The molecule has 1 amide bonds. The Morgan fingerprint density at radius 3 is 2.56 bits per heavy atom. The van der Waals surface area contributed by atoms with Gasteiger partial charge in [-0.25, -0.2) is 9.67 Å². The lowest BCUT2D eigenvalue weighted by atomic mass is 10.2. The second-order valence-corrected chi connectivity index (χ2v) is 7.04. The number of nitrogens with two attached hydrogens (primary N) is 1. The molecule has 2 heterocycles. The third kappa shape index (κ3) is 5.68. The molecule has 4 rings (SSSR count). The number of rotatable bonds is 8. The molecular formula is C21H17F3N6O4. The van der Waals surface area contributed by atoms with Crippen LogP contribution in [0.4, 0.5) is 13.2 Å². The SMILES string of the molecule is Cc1nc(-c2nc(-c3ccc(OC(F)(F)F)cc3)no2)nn1Cc1cccc(OCC(N)=O)c1. The summed E-state index contributed by atoms with van der Waals surface area (Å²) in [6.07, 6.45) is -4.78. The smallest absolute Gasteiger partial charge is 0.484 e. The number of primary amides is 1. The second-order valence-electron chi connectivity index (χ2n) is 7.04. The van der Waals surface area contributed by atoms with E-state index in [1.807, 2.05) is 6.07 Å². The summed E-state index contributed by atoms with van der Waals surface area (Å²) in [5.41, 5.74) is 6.36. The Hall–Kier alpha value is -4.42. The lowest BCUT2D eigenvalue weighted by Gasteiger charge is -2.08. The van der Waals surface area contributed by atoms with Gasteiger partial charge in [0, 0.05) is 5.56 Å². The van der Waals surface area contributed by atoms with Gasteiger partial charge >= 0.3 is 6.36 Å². The molecule has 0 bridgehead atoms. The molecule has 34 heavy (non-hydrogen) atoms. The molecule has 0 saturated carbocycles. The zero-order valence-electron chi connectivity index (χ0n) is 17.6. The van der Waals surface area contributed by atoms with Gasteiger partial charge in [0.2, 0.25) is 11.6 Å². The van der Waals surface area contributed by atoms with Gasteiger partial charge in [-0.15, -0.1) is 18.3 Å². The minimum atomic E-state index is -4.78. The molecule has 0 spiro atoms. The summed E-state index contributed by atoms with van der Waals surface area (Å²) in [6.45, 7) is 1.88. The van der Waals surface area contributed by atoms with Crippen LogP contribution in [0.2, 0.25) is 0 Å². The molecule has 13 heteroatoms. The van der Waals surface area contributed by atoms with E-state index >= 15 is 0 Å². The predicted octanol–water partition coefficient (Wildman–Crippen LogP) is 3.11. The zero-order valence-corrected chi connectivity index (χ0v) is 17.6. The average molecular weight is 474 g/mol. The van der Waals surface area contributed by atoms with Crippen LogP contribution in [0.5, 0.6) is 11.5 Å². The summed E-state index contributed by atoms with van der Waals surface area (Å²) in [5, 5.41) is 8.23. The van der Waals surface area contributed by atoms with Crippen LogP contribution >= 0.6 is 0 Å². The summed E-state index contributed by atoms with van der Waals surface area (Å²) >= 11 is 0. The van der Waals surface area contributed by atoms with Crippen molar-refractivity contribution < 1.29 is 32.0 Å². The third-order valence-electron chi connectivity index (χ3n) is 4.43. The summed E-state index contributed by atoms with van der Waals surface area (Å²) in [6, 6.07) is 12.1. The largest absolute Gasteiger partial charge is 0.573 e. The van der Waals surface area contributed by atoms with Crippen LogP contribution in [0.1, 0.15) is 11.4 Å². The van der Waals surface area contributed by atoms with Crippen molar-refractivity contribution in [1.82, 2.24) is 24.9 Å². The quantitative estimate of drug-likeness (QED) is 0.412. The topological polar surface area (TPSA) is 131 Å². The molecule has 0 aliphatic heterocycles. The fraction of sp³-hybridized carbons (Fsp3) is 0.190. The van der Waals surface area contributed by atoms with Gasteiger partial charge < -0.3 is 19.7 Å². The van der Waals surface area contributed by atoms with Gasteiger partial charge in [-0.05, 0) is 48.9 Å². The first-order chi connectivity index (χ1) is 16.2. The number of halogens is 3. The number of carbonyl (C=O) groups is 1. The Kier molecular flexibility index (Phi) is 6.17. The highest BCUT2D eigenvalue weighted by Gasteiger charge is 2.31. The average Bonchev–Trinajstić information content (AvgIpc) is 3.39. The van der Waals surface area contributed by atoms with Crippen molar-refractivity contribution in [2.75, 3.05) is 6.61 Å². The fourth-order valence-electron chi connectivity index (χ4n) is 2.96. The molecule has 0 fully saturated rings. The predicted molar refractivity (Wildman–Crippen MR) is 110 cm³/mol. The minimum Gasteiger partial charge on any atom is -0.484 e. The number of ether oxygens (including phenoxy) is 2. The van der Waals surface area contributed by atoms with E-state index in [2.05, 4.69) is 25.0 Å². The third-order valence-corrected chi connectivity index (χ3v) is 4.43. The van der Waals surface area contributed by atoms with Crippen LogP contribution in [0, 0.1) is 6.92 Å². The summed E-state index contributed by atoms with van der Waals surface area (Å²) < 4.78 is 52.9. The van der Waals surface area contributed by atoms with Crippen LogP contribution in [0.15, 0.2) is 53.1 Å². The van der Waals surface area contributed by atoms with Crippen molar-refractivity contribution in [3.8, 4) is 34.6 Å². The minimum absolute atomic E-state index is 0.0472. The maximum absolute atomic E-state index is 12.3. The van der Waals surface area contributed by atoms with Gasteiger partial charge in [0.25, 0.3) is 11.8 Å². The normalized spacial score (nSPS) is 11.4. The van der Waals surface area contributed by atoms with E-state index in [0.29, 0.717) is 23.7 Å². The van der Waals surface area contributed by atoms with Crippen LogP contribution in [-0.4, -0.2) is 43.8 Å². The Morgan fingerprint density at radius 2 is 1.85 bits per heavy atom. The van der Waals surface area contributed by atoms with E-state index in [0.717, 1.165) is 17.7 Å². The molecule has 2 N–H and O–H groups in total. The molecule has 0 saturated heterocycles. The number of nitrogens with zero attached hydrogens (tertiary/aromatic N) is 5. The van der Waals surface area contributed by atoms with E-state index in [-0.39, 0.29) is 29.9 Å². The maximum atomic E-state index is 12.3. The van der Waals surface area contributed by atoms with Gasteiger partial charge in [0.05, 0.1) is 6.54 Å². The summed E-state index contributed by atoms with van der Waals surface area (Å²) in [7, 11) is 0. The Bertz CT molecular complexity index is 1300. The van der Waals surface area contributed by atoms with Gasteiger partial charge in [0.1, 0.15) is 17.3 Å². The van der Waals surface area contributed by atoms with Gasteiger partial charge in [-0.1, -0.05) is 17.3 Å². The number of amides is 1. The number of aromatic nitrogens is 5. The first kappa shape index (κ1) is 22.8. The van der Waals surface area contributed by atoms with Crippen molar-refractivity contribution in [1.29, 1.82) is 0 Å². The van der Waals surface area contributed by atoms with Crippen molar-refractivity contribution >= 4 is 5.91 Å². The standard InChI is InChI=1S/C21H17F3N6O4/c1-12-26-19(28-30(12)10-13-3-2-4-16(9-13)32-11-17(25)31)20-27-18(29-34-20)14-5-7-15(8-6-14)33-21(22,23)24/h2-9H,10-11H2,1H3,(H2,25,31). The first-order valence-electron chi connectivity index (χ1n) is 9.78. The van der Waals surface area contributed by atoms with E-state index in [1.165, 1.54) is 12.1 Å². The fourth-order valence-corrected chi connectivity index (χ4v) is 2.96. The molecule has 0 aliphatic carbocycles. The molecule has 0 aliphatic rings. The lowest BCUT2D eigenvalue weighted by Crippen LogP contribution is -2.20. The Labute approximate surface area is 190 Å². The highest BCUT2D eigenvalue weighted by atomic mass is 19.4. The number of alkyl halides is 3. The van der Waals surface area contributed by atoms with Crippen molar-refractivity contribution in [2.24, 2.45) is 5.73 Å². The van der Waals surface area contributed by atoms with Crippen LogP contribution in [0.3, 0.4) is 0 Å². The highest BCUT2D eigenvalue weighted by molar-refractivity contribution is 5.75. The van der Waals surface area contributed by atoms with Crippen LogP contribution in [0.25, 0.3) is 23.1 Å². The maximum Gasteiger partial charge on any atom is 0.573 e. The Morgan fingerprint density at radius 1 is 1.09 bits per heavy atom. The van der Waals surface area contributed by atoms with Gasteiger partial charge in [-0.3, -0.25) is 4.79 Å². The highest BCUT2D eigenvalue weighted by Crippen LogP contribution is 2.26. The van der Waals surface area contributed by atoms with E-state index in [9.17, 15) is 18.0 Å². The second kappa shape index (κ2) is 9.21. The Balaban J connectivity index is 1.48. The van der Waals surface area contributed by atoms with Crippen molar-refractivity contribution in [3.63, 3.8) is 0 Å². The molecule has 0 radical (unpaired) electrons. The monoisotopic (exact) mass is 474 g/mol. The van der Waals surface area contributed by atoms with E-state index < -0.39 is 12.3 Å². The first-order valence-corrected chi connectivity index (χ1v) is 9.78. The van der Waals surface area contributed by atoms with Crippen LogP contribution in [-0.2, 0) is 11.3 Å². The molecular weight excluding hydrogens is 457 g/mol. The summed E-state index contributed by atoms with van der Waals surface area (Å²) in [4.78, 5) is 19.5. The summed E-state index contributed by atoms with van der Waals surface area (Å²) in [5.74, 6) is 0.517. The lowest BCUT2D eigenvalue weighted by molar-refractivity contribution is -0.274. The number of carbonyl (C=O) groups excluding carboxylic acids is 1. The van der Waals surface area contributed by atoms with Crippen molar-refractivity contribution in [3.05, 3.63) is 59.9 Å².